The molecule has 17 heavy (non-hydrogen) atoms. The molecule has 0 radical (unpaired) electrons. The van der Waals surface area contributed by atoms with Crippen LogP contribution in [0.15, 0.2) is 18.2 Å². The second kappa shape index (κ2) is 5.57. The topological polar surface area (TPSA) is 72.3 Å². The number of rotatable bonds is 5. The van der Waals surface area contributed by atoms with Crippen LogP contribution >= 0.6 is 0 Å². The van der Waals surface area contributed by atoms with E-state index in [-0.39, 0.29) is 0 Å². The highest BCUT2D eigenvalue weighted by Gasteiger charge is 2.12. The Morgan fingerprint density at radius 3 is 2.59 bits per heavy atom. The van der Waals surface area contributed by atoms with E-state index in [1.165, 1.54) is 0 Å². The predicted molar refractivity (Wildman–Crippen MR) is 72.1 cm³/mol. The first-order chi connectivity index (χ1) is 7.93. The fraction of sp³-hybridized carbons (Fsp3) is 0.462. The van der Waals surface area contributed by atoms with Gasteiger partial charge in [0.15, 0.2) is 0 Å². The monoisotopic (exact) mass is 235 g/mol. The van der Waals surface area contributed by atoms with Gasteiger partial charge in [-0.1, -0.05) is 19.9 Å². The lowest BCUT2D eigenvalue weighted by Gasteiger charge is -2.22. The van der Waals surface area contributed by atoms with Crippen LogP contribution in [0.2, 0.25) is 0 Å². The molecule has 0 fully saturated rings. The second-order valence-corrected chi connectivity index (χ2v) is 4.71. The molecule has 94 valence electrons. The number of carbonyl (C=O) groups is 1. The van der Waals surface area contributed by atoms with Gasteiger partial charge in [0.25, 0.3) is 5.91 Å². The first-order valence-corrected chi connectivity index (χ1v) is 5.83. The van der Waals surface area contributed by atoms with E-state index in [1.807, 2.05) is 13.1 Å². The van der Waals surface area contributed by atoms with Gasteiger partial charge in [0.05, 0.1) is 16.9 Å². The third kappa shape index (κ3) is 3.37. The Balaban J connectivity index is 2.90. The Hall–Kier alpha value is -1.71. The number of nitrogens with two attached hydrogens (primary N) is 2. The molecule has 1 rings (SSSR count). The standard InChI is InChI=1S/C13H21N3O/c1-9(2)7-8-16(3)11-6-4-5-10(12(11)14)13(15)17/h4-6,9H,7-8,14H2,1-3H3,(H2,15,17). The average molecular weight is 235 g/mol. The molecule has 0 aliphatic carbocycles. The number of primary amides is 1. The van der Waals surface area contributed by atoms with Crippen LogP contribution in [0.25, 0.3) is 0 Å². The molecule has 0 bridgehead atoms. The zero-order valence-corrected chi connectivity index (χ0v) is 10.7. The summed E-state index contributed by atoms with van der Waals surface area (Å²) in [6, 6.07) is 5.36. The first kappa shape index (κ1) is 13.4. The molecule has 4 nitrogen and oxygen atoms in total. The van der Waals surface area contributed by atoms with E-state index in [2.05, 4.69) is 18.7 Å². The summed E-state index contributed by atoms with van der Waals surface area (Å²) in [5.74, 6) is 0.152. The lowest BCUT2D eigenvalue weighted by Crippen LogP contribution is -2.23. The van der Waals surface area contributed by atoms with E-state index in [0.717, 1.165) is 18.7 Å². The smallest absolute Gasteiger partial charge is 0.250 e. The summed E-state index contributed by atoms with van der Waals surface area (Å²) in [5, 5.41) is 0. The molecule has 1 amide bonds. The average Bonchev–Trinajstić information content (AvgIpc) is 2.25. The van der Waals surface area contributed by atoms with Crippen LogP contribution in [0.1, 0.15) is 30.6 Å². The lowest BCUT2D eigenvalue weighted by atomic mass is 10.1. The molecule has 0 saturated heterocycles. The van der Waals surface area contributed by atoms with Crippen LogP contribution in [0.3, 0.4) is 0 Å². The van der Waals surface area contributed by atoms with Crippen molar-refractivity contribution in [3.63, 3.8) is 0 Å². The minimum absolute atomic E-state index is 0.388. The van der Waals surface area contributed by atoms with E-state index < -0.39 is 5.91 Å². The predicted octanol–water partition coefficient (Wildman–Crippen LogP) is 1.85. The summed E-state index contributed by atoms with van der Waals surface area (Å²) in [6.45, 7) is 5.26. The molecular weight excluding hydrogens is 214 g/mol. The van der Waals surface area contributed by atoms with Gasteiger partial charge in [-0.25, -0.2) is 0 Å². The quantitative estimate of drug-likeness (QED) is 0.765. The zero-order chi connectivity index (χ0) is 13.0. The van der Waals surface area contributed by atoms with Gasteiger partial charge in [0.1, 0.15) is 0 Å². The molecule has 4 heteroatoms. The summed E-state index contributed by atoms with van der Waals surface area (Å²) in [5.41, 5.74) is 12.9. The summed E-state index contributed by atoms with van der Waals surface area (Å²) >= 11 is 0. The van der Waals surface area contributed by atoms with Crippen LogP contribution in [0.5, 0.6) is 0 Å². The molecule has 0 saturated carbocycles. The van der Waals surface area contributed by atoms with Gasteiger partial charge in [-0.3, -0.25) is 4.79 Å². The van der Waals surface area contributed by atoms with E-state index in [1.54, 1.807) is 12.1 Å². The van der Waals surface area contributed by atoms with Crippen molar-refractivity contribution >= 4 is 17.3 Å². The molecule has 0 heterocycles. The summed E-state index contributed by atoms with van der Waals surface area (Å²) in [7, 11) is 1.97. The zero-order valence-electron chi connectivity index (χ0n) is 10.7. The number of nitrogen functional groups attached to an aromatic ring is 1. The fourth-order valence-corrected chi connectivity index (χ4v) is 1.67. The highest BCUT2D eigenvalue weighted by atomic mass is 16.1. The molecule has 0 aromatic heterocycles. The number of amides is 1. The van der Waals surface area contributed by atoms with Gasteiger partial charge in [0.2, 0.25) is 0 Å². The molecule has 1 aromatic rings. The van der Waals surface area contributed by atoms with Crippen LogP contribution in [0, 0.1) is 5.92 Å². The highest BCUT2D eigenvalue weighted by molar-refractivity contribution is 6.00. The van der Waals surface area contributed by atoms with Crippen molar-refractivity contribution in [1.82, 2.24) is 0 Å². The number of para-hydroxylation sites is 1. The normalized spacial score (nSPS) is 10.6. The number of benzene rings is 1. The summed E-state index contributed by atoms with van der Waals surface area (Å²) < 4.78 is 0. The van der Waals surface area contributed by atoms with E-state index >= 15 is 0 Å². The van der Waals surface area contributed by atoms with E-state index in [9.17, 15) is 4.79 Å². The number of anilines is 2. The Labute approximate surface area is 103 Å². The van der Waals surface area contributed by atoms with Crippen LogP contribution in [0.4, 0.5) is 11.4 Å². The van der Waals surface area contributed by atoms with Gasteiger partial charge in [0, 0.05) is 13.6 Å². The first-order valence-electron chi connectivity index (χ1n) is 5.83. The Morgan fingerprint density at radius 1 is 1.41 bits per heavy atom. The molecule has 0 spiro atoms. The van der Waals surface area contributed by atoms with Crippen molar-refractivity contribution in [1.29, 1.82) is 0 Å². The van der Waals surface area contributed by atoms with Crippen LogP contribution in [-0.4, -0.2) is 19.5 Å². The Kier molecular flexibility index (Phi) is 4.37. The van der Waals surface area contributed by atoms with E-state index in [4.69, 9.17) is 11.5 Å². The maximum Gasteiger partial charge on any atom is 0.250 e. The third-order valence-corrected chi connectivity index (χ3v) is 2.80. The van der Waals surface area contributed by atoms with Crippen LogP contribution in [-0.2, 0) is 0 Å². The van der Waals surface area contributed by atoms with Gasteiger partial charge in [-0.2, -0.15) is 0 Å². The number of carbonyl (C=O) groups excluding carboxylic acids is 1. The second-order valence-electron chi connectivity index (χ2n) is 4.71. The van der Waals surface area contributed by atoms with Crippen molar-refractivity contribution in [2.75, 3.05) is 24.2 Å². The lowest BCUT2D eigenvalue weighted by molar-refractivity contribution is 0.100. The molecule has 1 aromatic carbocycles. The molecule has 0 unspecified atom stereocenters. The summed E-state index contributed by atoms with van der Waals surface area (Å²) in [4.78, 5) is 13.2. The molecule has 4 N–H and O–H groups in total. The largest absolute Gasteiger partial charge is 0.396 e. The molecule has 0 atom stereocenters. The van der Waals surface area contributed by atoms with Crippen molar-refractivity contribution in [3.8, 4) is 0 Å². The van der Waals surface area contributed by atoms with Crippen molar-refractivity contribution < 1.29 is 4.79 Å². The molecular formula is C13H21N3O. The molecule has 0 aliphatic heterocycles. The maximum absolute atomic E-state index is 11.2. The van der Waals surface area contributed by atoms with Gasteiger partial charge in [-0.15, -0.1) is 0 Å². The van der Waals surface area contributed by atoms with Gasteiger partial charge >= 0.3 is 0 Å². The van der Waals surface area contributed by atoms with E-state index in [0.29, 0.717) is 17.2 Å². The van der Waals surface area contributed by atoms with Crippen LogP contribution < -0.4 is 16.4 Å². The minimum atomic E-state index is -0.485. The number of hydrogen-bond donors (Lipinski definition) is 2. The Morgan fingerprint density at radius 2 is 2.06 bits per heavy atom. The van der Waals surface area contributed by atoms with Gasteiger partial charge in [-0.05, 0) is 24.5 Å². The minimum Gasteiger partial charge on any atom is -0.396 e. The SMILES string of the molecule is CC(C)CCN(C)c1cccc(C(N)=O)c1N. The highest BCUT2D eigenvalue weighted by Crippen LogP contribution is 2.25. The number of hydrogen-bond acceptors (Lipinski definition) is 3. The van der Waals surface area contributed by atoms with Crippen molar-refractivity contribution in [2.45, 2.75) is 20.3 Å². The van der Waals surface area contributed by atoms with Crippen molar-refractivity contribution in [3.05, 3.63) is 23.8 Å². The fourth-order valence-electron chi connectivity index (χ4n) is 1.67. The van der Waals surface area contributed by atoms with Gasteiger partial charge < -0.3 is 16.4 Å². The third-order valence-electron chi connectivity index (χ3n) is 2.80. The maximum atomic E-state index is 11.2. The van der Waals surface area contributed by atoms with Crippen molar-refractivity contribution in [2.24, 2.45) is 11.7 Å². The molecule has 0 aliphatic rings. The summed E-state index contributed by atoms with van der Waals surface area (Å²) in [6.07, 6.45) is 1.08. The Bertz CT molecular complexity index is 402. The number of nitrogens with zero attached hydrogens (tertiary/aromatic N) is 1.